The zero-order chi connectivity index (χ0) is 18.4. The number of hydrogen-bond acceptors (Lipinski definition) is 3. The highest BCUT2D eigenvalue weighted by molar-refractivity contribution is 7.89. The molecule has 0 heterocycles. The second kappa shape index (κ2) is 8.12. The third-order valence-electron chi connectivity index (χ3n) is 4.00. The maximum Gasteiger partial charge on any atom is 0.240 e. The highest BCUT2D eigenvalue weighted by atomic mass is 32.2. The number of rotatable bonds is 7. The molecule has 0 fully saturated rings. The van der Waals surface area contributed by atoms with E-state index in [4.69, 9.17) is 0 Å². The van der Waals surface area contributed by atoms with Crippen LogP contribution in [-0.4, -0.2) is 20.9 Å². The van der Waals surface area contributed by atoms with Gasteiger partial charge in [0.25, 0.3) is 0 Å². The lowest BCUT2D eigenvalue weighted by Crippen LogP contribution is -2.30. The number of sulfonamides is 1. The van der Waals surface area contributed by atoms with E-state index in [0.717, 1.165) is 16.3 Å². The standard InChI is InChI=1S/C20H20N2O3S/c23-20(12-13-22-26(24,25)19-8-2-1-3-9-19)21-15-16-10-11-17-6-4-5-7-18(17)14-16/h1-11,14,22H,12-13,15H2,(H,21,23). The molecular weight excluding hydrogens is 348 g/mol. The Morgan fingerprint density at radius 2 is 1.54 bits per heavy atom. The molecule has 3 aromatic rings. The molecule has 0 aliphatic heterocycles. The van der Waals surface area contributed by atoms with Gasteiger partial charge in [0.2, 0.25) is 15.9 Å². The van der Waals surface area contributed by atoms with E-state index < -0.39 is 10.0 Å². The average Bonchev–Trinajstić information content (AvgIpc) is 2.67. The zero-order valence-electron chi connectivity index (χ0n) is 14.2. The van der Waals surface area contributed by atoms with Crippen LogP contribution in [0.1, 0.15) is 12.0 Å². The summed E-state index contributed by atoms with van der Waals surface area (Å²) in [6, 6.07) is 22.2. The van der Waals surface area contributed by atoms with Gasteiger partial charge in [-0.3, -0.25) is 4.79 Å². The van der Waals surface area contributed by atoms with Crippen molar-refractivity contribution >= 4 is 26.7 Å². The fourth-order valence-electron chi connectivity index (χ4n) is 2.62. The predicted octanol–water partition coefficient (Wildman–Crippen LogP) is 2.82. The van der Waals surface area contributed by atoms with Gasteiger partial charge in [-0.15, -0.1) is 0 Å². The van der Waals surface area contributed by atoms with Crippen molar-refractivity contribution in [2.45, 2.75) is 17.9 Å². The summed E-state index contributed by atoms with van der Waals surface area (Å²) in [4.78, 5) is 12.1. The van der Waals surface area contributed by atoms with Crippen LogP contribution in [0.3, 0.4) is 0 Å². The van der Waals surface area contributed by atoms with Crippen LogP contribution in [0, 0.1) is 0 Å². The minimum absolute atomic E-state index is 0.0563. The van der Waals surface area contributed by atoms with Gasteiger partial charge in [-0.25, -0.2) is 13.1 Å². The van der Waals surface area contributed by atoms with E-state index in [2.05, 4.69) is 10.0 Å². The molecule has 0 aliphatic carbocycles. The molecule has 0 atom stereocenters. The van der Waals surface area contributed by atoms with Gasteiger partial charge < -0.3 is 5.32 Å². The van der Waals surface area contributed by atoms with Gasteiger partial charge in [0, 0.05) is 19.5 Å². The van der Waals surface area contributed by atoms with Gasteiger partial charge >= 0.3 is 0 Å². The zero-order valence-corrected chi connectivity index (χ0v) is 15.0. The highest BCUT2D eigenvalue weighted by Gasteiger charge is 2.13. The van der Waals surface area contributed by atoms with Crippen molar-refractivity contribution < 1.29 is 13.2 Å². The third-order valence-corrected chi connectivity index (χ3v) is 5.48. The lowest BCUT2D eigenvalue weighted by atomic mass is 10.1. The second-order valence-electron chi connectivity index (χ2n) is 5.92. The van der Waals surface area contributed by atoms with Crippen molar-refractivity contribution in [3.8, 4) is 0 Å². The van der Waals surface area contributed by atoms with E-state index in [1.54, 1.807) is 18.2 Å². The van der Waals surface area contributed by atoms with E-state index in [9.17, 15) is 13.2 Å². The molecule has 0 saturated heterocycles. The summed E-state index contributed by atoms with van der Waals surface area (Å²) in [6.45, 7) is 0.468. The van der Waals surface area contributed by atoms with Crippen molar-refractivity contribution in [2.75, 3.05) is 6.54 Å². The first kappa shape index (κ1) is 18.1. The molecule has 0 radical (unpaired) electrons. The average molecular weight is 368 g/mol. The lowest BCUT2D eigenvalue weighted by Gasteiger charge is -2.08. The number of benzene rings is 3. The van der Waals surface area contributed by atoms with Gasteiger partial charge in [-0.1, -0.05) is 54.6 Å². The van der Waals surface area contributed by atoms with E-state index >= 15 is 0 Å². The number of fused-ring (bicyclic) bond motifs is 1. The van der Waals surface area contributed by atoms with E-state index in [0.29, 0.717) is 6.54 Å². The molecule has 5 nitrogen and oxygen atoms in total. The maximum absolute atomic E-state index is 12.1. The Labute approximate surface area is 153 Å². The van der Waals surface area contributed by atoms with Crippen molar-refractivity contribution in [2.24, 2.45) is 0 Å². The highest BCUT2D eigenvalue weighted by Crippen LogP contribution is 2.15. The first-order valence-electron chi connectivity index (χ1n) is 8.34. The Bertz CT molecular complexity index is 1000. The Morgan fingerprint density at radius 3 is 2.31 bits per heavy atom. The van der Waals surface area contributed by atoms with Gasteiger partial charge in [-0.05, 0) is 34.5 Å². The van der Waals surface area contributed by atoms with Crippen molar-refractivity contribution in [3.05, 3.63) is 78.4 Å². The molecule has 3 aromatic carbocycles. The number of nitrogens with one attached hydrogen (secondary N) is 2. The van der Waals surface area contributed by atoms with Crippen LogP contribution in [-0.2, 0) is 21.4 Å². The molecular formula is C20H20N2O3S. The van der Waals surface area contributed by atoms with E-state index in [-0.39, 0.29) is 23.8 Å². The minimum atomic E-state index is -3.58. The molecule has 134 valence electrons. The topological polar surface area (TPSA) is 75.3 Å². The molecule has 0 unspecified atom stereocenters. The van der Waals surface area contributed by atoms with Gasteiger partial charge in [-0.2, -0.15) is 0 Å². The summed E-state index contributed by atoms with van der Waals surface area (Å²) >= 11 is 0. The Balaban J connectivity index is 1.48. The lowest BCUT2D eigenvalue weighted by molar-refractivity contribution is -0.121. The van der Waals surface area contributed by atoms with Gasteiger partial charge in [0.15, 0.2) is 0 Å². The maximum atomic E-state index is 12.1. The quantitative estimate of drug-likeness (QED) is 0.673. The van der Waals surface area contributed by atoms with Crippen LogP contribution >= 0.6 is 0 Å². The normalized spacial score (nSPS) is 11.4. The van der Waals surface area contributed by atoms with Crippen molar-refractivity contribution in [3.63, 3.8) is 0 Å². The predicted molar refractivity (Wildman–Crippen MR) is 102 cm³/mol. The molecule has 6 heteroatoms. The fourth-order valence-corrected chi connectivity index (χ4v) is 3.67. The van der Waals surface area contributed by atoms with Crippen LogP contribution in [0.5, 0.6) is 0 Å². The third kappa shape index (κ3) is 4.68. The first-order chi connectivity index (χ1) is 12.5. The van der Waals surface area contributed by atoms with Crippen LogP contribution in [0.2, 0.25) is 0 Å². The summed E-state index contributed by atoms with van der Waals surface area (Å²) in [5.41, 5.74) is 1.00. The number of hydrogen-bond donors (Lipinski definition) is 2. The second-order valence-corrected chi connectivity index (χ2v) is 7.69. The molecule has 3 rings (SSSR count). The molecule has 0 aromatic heterocycles. The Kier molecular flexibility index (Phi) is 5.65. The van der Waals surface area contributed by atoms with Crippen molar-refractivity contribution in [1.82, 2.24) is 10.0 Å². The van der Waals surface area contributed by atoms with Gasteiger partial charge in [0.1, 0.15) is 0 Å². The summed E-state index contributed by atoms with van der Waals surface area (Å²) in [5, 5.41) is 5.09. The van der Waals surface area contributed by atoms with Crippen LogP contribution in [0.15, 0.2) is 77.7 Å². The number of amides is 1. The molecule has 0 spiro atoms. The molecule has 2 N–H and O–H groups in total. The smallest absolute Gasteiger partial charge is 0.240 e. The number of carbonyl (C=O) groups is 1. The summed E-state index contributed by atoms with van der Waals surface area (Å²) in [5.74, 6) is -0.200. The molecule has 0 aliphatic rings. The van der Waals surface area contributed by atoms with E-state index in [1.165, 1.54) is 12.1 Å². The Morgan fingerprint density at radius 1 is 0.846 bits per heavy atom. The summed E-state index contributed by atoms with van der Waals surface area (Å²) < 4.78 is 26.6. The largest absolute Gasteiger partial charge is 0.352 e. The van der Waals surface area contributed by atoms with Crippen LogP contribution in [0.4, 0.5) is 0 Å². The van der Waals surface area contributed by atoms with Gasteiger partial charge in [0.05, 0.1) is 4.90 Å². The van der Waals surface area contributed by atoms with Crippen LogP contribution in [0.25, 0.3) is 10.8 Å². The minimum Gasteiger partial charge on any atom is -0.352 e. The molecule has 26 heavy (non-hydrogen) atoms. The number of carbonyl (C=O) groups excluding carboxylic acids is 1. The molecule has 0 saturated carbocycles. The van der Waals surface area contributed by atoms with E-state index in [1.807, 2.05) is 42.5 Å². The molecule has 0 bridgehead atoms. The summed E-state index contributed by atoms with van der Waals surface area (Å²) in [7, 11) is -3.58. The first-order valence-corrected chi connectivity index (χ1v) is 9.82. The Hall–Kier alpha value is -2.70. The molecule has 1 amide bonds. The van der Waals surface area contributed by atoms with Crippen molar-refractivity contribution in [1.29, 1.82) is 0 Å². The monoisotopic (exact) mass is 368 g/mol. The fraction of sp³-hybridized carbons (Fsp3) is 0.150. The summed E-state index contributed by atoms with van der Waals surface area (Å²) in [6.07, 6.45) is 0.0830. The SMILES string of the molecule is O=C(CCNS(=O)(=O)c1ccccc1)NCc1ccc2ccccc2c1. The van der Waals surface area contributed by atoms with Crippen LogP contribution < -0.4 is 10.0 Å².